The summed E-state index contributed by atoms with van der Waals surface area (Å²) in [6.07, 6.45) is 0. The van der Waals surface area contributed by atoms with Crippen LogP contribution in [0.5, 0.6) is 0 Å². The highest BCUT2D eigenvalue weighted by Gasteiger charge is 2.32. The van der Waals surface area contributed by atoms with E-state index in [1.54, 1.807) is 18.2 Å². The molecule has 114 valence electrons. The normalized spacial score (nSPS) is 19.1. The number of aliphatic imine (C=N–C) groups is 1. The second-order valence-electron chi connectivity index (χ2n) is 4.94. The van der Waals surface area contributed by atoms with E-state index in [4.69, 9.17) is 0 Å². The third-order valence-electron chi connectivity index (χ3n) is 3.03. The summed E-state index contributed by atoms with van der Waals surface area (Å²) in [5.41, 5.74) is 2.69. The second-order valence-corrected chi connectivity index (χ2v) is 6.59. The van der Waals surface area contributed by atoms with Gasteiger partial charge in [0.1, 0.15) is 11.9 Å². The topological polar surface area (TPSA) is 96.9 Å². The van der Waals surface area contributed by atoms with E-state index < -0.39 is 22.0 Å². The molecule has 0 bridgehead atoms. The largest absolute Gasteiger partial charge is 0.277 e. The highest BCUT2D eigenvalue weighted by Crippen LogP contribution is 2.23. The van der Waals surface area contributed by atoms with Crippen LogP contribution < -0.4 is 10.2 Å². The van der Waals surface area contributed by atoms with Crippen molar-refractivity contribution in [1.82, 2.24) is 10.2 Å². The van der Waals surface area contributed by atoms with Gasteiger partial charge in [-0.2, -0.15) is 0 Å². The van der Waals surface area contributed by atoms with Crippen LogP contribution in [-0.4, -0.2) is 33.3 Å². The van der Waals surface area contributed by atoms with Gasteiger partial charge in [0, 0.05) is 5.56 Å². The van der Waals surface area contributed by atoms with Gasteiger partial charge in [0.25, 0.3) is 15.9 Å². The van der Waals surface area contributed by atoms with Gasteiger partial charge in [-0.05, 0) is 18.1 Å². The van der Waals surface area contributed by atoms with Crippen LogP contribution in [0, 0.1) is 5.92 Å². The lowest BCUT2D eigenvalue weighted by molar-refractivity contribution is -0.133. The van der Waals surface area contributed by atoms with E-state index in [0.29, 0.717) is 5.56 Å². The summed E-state index contributed by atoms with van der Waals surface area (Å²) in [5.74, 6) is -0.371. The molecule has 1 aromatic carbocycles. The smallest absolute Gasteiger partial charge is 0.268 e. The molecule has 1 aliphatic rings. The summed E-state index contributed by atoms with van der Waals surface area (Å²) in [6, 6.07) is 5.75. The van der Waals surface area contributed by atoms with Gasteiger partial charge in [-0.3, -0.25) is 19.3 Å². The van der Waals surface area contributed by atoms with Crippen LogP contribution in [0.15, 0.2) is 34.2 Å². The summed E-state index contributed by atoms with van der Waals surface area (Å²) < 4.78 is 26.4. The highest BCUT2D eigenvalue weighted by molar-refractivity contribution is 7.90. The maximum absolute atomic E-state index is 12.0. The first-order valence-corrected chi connectivity index (χ1v) is 7.88. The summed E-state index contributed by atoms with van der Waals surface area (Å²) in [7, 11) is -2.28. The Morgan fingerprint density at radius 3 is 2.62 bits per heavy atom. The number of amides is 1. The van der Waals surface area contributed by atoms with Crippen molar-refractivity contribution in [3.63, 3.8) is 0 Å². The van der Waals surface area contributed by atoms with Gasteiger partial charge in [0.15, 0.2) is 0 Å². The van der Waals surface area contributed by atoms with Gasteiger partial charge in [-0.25, -0.2) is 13.9 Å². The summed E-state index contributed by atoms with van der Waals surface area (Å²) in [4.78, 5) is 21.0. The number of nitrogens with zero attached hydrogens (tertiary/aromatic N) is 1. The van der Waals surface area contributed by atoms with Crippen LogP contribution >= 0.6 is 0 Å². The lowest BCUT2D eigenvalue weighted by atomic mass is 10.0. The van der Waals surface area contributed by atoms with Gasteiger partial charge in [-0.1, -0.05) is 26.0 Å². The van der Waals surface area contributed by atoms with Crippen molar-refractivity contribution in [2.24, 2.45) is 10.9 Å². The fourth-order valence-electron chi connectivity index (χ4n) is 2.04. The zero-order chi connectivity index (χ0) is 15.6. The minimum atomic E-state index is -3.61. The molecule has 21 heavy (non-hydrogen) atoms. The van der Waals surface area contributed by atoms with Crippen molar-refractivity contribution in [3.05, 3.63) is 29.8 Å². The number of hydrogen-bond acceptors (Lipinski definition) is 5. The number of nitrogens with one attached hydrogen (secondary N) is 2. The van der Waals surface area contributed by atoms with E-state index in [1.807, 2.05) is 13.8 Å². The molecule has 1 heterocycles. The van der Waals surface area contributed by atoms with Crippen molar-refractivity contribution in [1.29, 1.82) is 0 Å². The monoisotopic (exact) mass is 311 g/mol. The first-order valence-electron chi connectivity index (χ1n) is 6.39. The Hall–Kier alpha value is -1.93. The SMILES string of the molecule is CONC(=O)[C@H](N=C1NS(=O)(=O)c2ccccc21)C(C)C. The first-order chi connectivity index (χ1) is 9.86. The molecule has 1 amide bonds. The molecular weight excluding hydrogens is 294 g/mol. The summed E-state index contributed by atoms with van der Waals surface area (Å²) in [5, 5.41) is 0. The molecule has 0 aromatic heterocycles. The molecule has 0 unspecified atom stereocenters. The van der Waals surface area contributed by atoms with Crippen LogP contribution in [-0.2, 0) is 19.7 Å². The van der Waals surface area contributed by atoms with Gasteiger partial charge in [0.05, 0.1) is 12.0 Å². The Kier molecular flexibility index (Phi) is 4.29. The zero-order valence-corrected chi connectivity index (χ0v) is 12.8. The molecule has 2 rings (SSSR count). The molecule has 1 atom stereocenters. The molecule has 0 spiro atoms. The maximum atomic E-state index is 12.0. The second kappa shape index (κ2) is 5.82. The van der Waals surface area contributed by atoms with E-state index in [-0.39, 0.29) is 16.6 Å². The van der Waals surface area contributed by atoms with E-state index in [0.717, 1.165) is 0 Å². The molecule has 0 aliphatic carbocycles. The molecule has 2 N–H and O–H groups in total. The number of fused-ring (bicyclic) bond motifs is 1. The molecule has 0 fully saturated rings. The molecule has 1 aromatic rings. The van der Waals surface area contributed by atoms with E-state index in [9.17, 15) is 13.2 Å². The van der Waals surface area contributed by atoms with Crippen molar-refractivity contribution in [2.75, 3.05) is 7.11 Å². The molecule has 1 aliphatic heterocycles. The zero-order valence-electron chi connectivity index (χ0n) is 12.0. The number of hydrogen-bond donors (Lipinski definition) is 2. The Labute approximate surface area is 123 Å². The van der Waals surface area contributed by atoms with Crippen molar-refractivity contribution in [3.8, 4) is 0 Å². The van der Waals surface area contributed by atoms with E-state index >= 15 is 0 Å². The third-order valence-corrected chi connectivity index (χ3v) is 4.43. The van der Waals surface area contributed by atoms with E-state index in [1.165, 1.54) is 13.2 Å². The number of rotatable bonds is 4. The standard InChI is InChI=1S/C13H17N3O4S/c1-8(2)11(13(17)15-20-3)14-12-9-6-4-5-7-10(9)21(18,19)16-12/h4-8,11H,1-3H3,(H,14,16)(H,15,17)/t11-/m1/s1. The molecule has 7 nitrogen and oxygen atoms in total. The van der Waals surface area contributed by atoms with Gasteiger partial charge >= 0.3 is 0 Å². The fraction of sp³-hybridized carbons (Fsp3) is 0.385. The van der Waals surface area contributed by atoms with Gasteiger partial charge in [0.2, 0.25) is 0 Å². The van der Waals surface area contributed by atoms with Gasteiger partial charge < -0.3 is 0 Å². The Balaban J connectivity index is 2.44. The first kappa shape index (κ1) is 15.5. The third kappa shape index (κ3) is 3.06. The lowest BCUT2D eigenvalue weighted by Crippen LogP contribution is -2.38. The quantitative estimate of drug-likeness (QED) is 0.788. The predicted molar refractivity (Wildman–Crippen MR) is 77.1 cm³/mol. The van der Waals surface area contributed by atoms with Crippen LogP contribution in [0.1, 0.15) is 19.4 Å². The number of hydroxylamine groups is 1. The summed E-state index contributed by atoms with van der Waals surface area (Å²) in [6.45, 7) is 3.64. The number of amidine groups is 1. The number of benzene rings is 1. The maximum Gasteiger partial charge on any atom is 0.268 e. The number of sulfonamides is 1. The van der Waals surface area contributed by atoms with E-state index in [2.05, 4.69) is 20.0 Å². The molecule has 0 saturated carbocycles. The molecule has 0 saturated heterocycles. The molecule has 0 radical (unpaired) electrons. The Morgan fingerprint density at radius 1 is 1.33 bits per heavy atom. The number of carbonyl (C=O) groups is 1. The fourth-order valence-corrected chi connectivity index (χ4v) is 3.28. The predicted octanol–water partition coefficient (Wildman–Crippen LogP) is 0.427. The molecule has 8 heteroatoms. The Morgan fingerprint density at radius 2 is 2.00 bits per heavy atom. The number of carbonyl (C=O) groups excluding carboxylic acids is 1. The van der Waals surface area contributed by atoms with Gasteiger partial charge in [-0.15, -0.1) is 0 Å². The average Bonchev–Trinajstić information content (AvgIpc) is 2.68. The minimum absolute atomic E-state index is 0.120. The van der Waals surface area contributed by atoms with Crippen LogP contribution in [0.25, 0.3) is 0 Å². The molecular formula is C13H17N3O4S. The van der Waals surface area contributed by atoms with Crippen LogP contribution in [0.3, 0.4) is 0 Å². The average molecular weight is 311 g/mol. The highest BCUT2D eigenvalue weighted by atomic mass is 32.2. The van der Waals surface area contributed by atoms with Crippen molar-refractivity contribution < 1.29 is 18.0 Å². The lowest BCUT2D eigenvalue weighted by Gasteiger charge is -2.16. The Bertz CT molecular complexity index is 682. The van der Waals surface area contributed by atoms with Crippen molar-refractivity contribution >= 4 is 21.8 Å². The summed E-state index contributed by atoms with van der Waals surface area (Å²) >= 11 is 0. The van der Waals surface area contributed by atoms with Crippen molar-refractivity contribution in [2.45, 2.75) is 24.8 Å². The minimum Gasteiger partial charge on any atom is -0.277 e. The van der Waals surface area contributed by atoms with Crippen LogP contribution in [0.2, 0.25) is 0 Å². The van der Waals surface area contributed by atoms with Crippen LogP contribution in [0.4, 0.5) is 0 Å².